The van der Waals surface area contributed by atoms with Gasteiger partial charge in [0.05, 0.1) is 11.0 Å². The third-order valence-corrected chi connectivity index (χ3v) is 5.94. The minimum atomic E-state index is -4.44. The van der Waals surface area contributed by atoms with Crippen molar-refractivity contribution < 1.29 is 18.0 Å². The van der Waals surface area contributed by atoms with E-state index in [9.17, 15) is 18.0 Å². The van der Waals surface area contributed by atoms with E-state index < -0.39 is 17.2 Å². The lowest BCUT2D eigenvalue weighted by Crippen LogP contribution is -2.47. The maximum atomic E-state index is 13.3. The number of piperidine rings is 1. The van der Waals surface area contributed by atoms with Crippen molar-refractivity contribution in [2.45, 2.75) is 57.7 Å². The molecule has 2 aromatic rings. The molecule has 9 heteroatoms. The molecule has 1 atom stereocenters. The van der Waals surface area contributed by atoms with Gasteiger partial charge in [0.15, 0.2) is 4.77 Å². The SMILES string of the molecule is CCn1c(C2CCCN(C(=O)C(C)(C)c3cccc(C(F)(F)F)c3)C2)n[nH]c1=S. The molecular formula is C20H25F3N4OS. The van der Waals surface area contributed by atoms with Gasteiger partial charge in [-0.2, -0.15) is 18.3 Å². The summed E-state index contributed by atoms with van der Waals surface area (Å²) in [5.74, 6) is 0.684. The summed E-state index contributed by atoms with van der Waals surface area (Å²) in [6, 6.07) is 5.03. The number of hydrogen-bond donors (Lipinski definition) is 1. The second kappa shape index (κ2) is 7.93. The van der Waals surface area contributed by atoms with E-state index in [1.165, 1.54) is 6.07 Å². The Morgan fingerprint density at radius 3 is 2.66 bits per heavy atom. The van der Waals surface area contributed by atoms with Crippen LogP contribution in [0.5, 0.6) is 0 Å². The number of nitrogens with one attached hydrogen (secondary N) is 1. The third-order valence-electron chi connectivity index (χ3n) is 5.62. The minimum Gasteiger partial charge on any atom is -0.341 e. The van der Waals surface area contributed by atoms with Gasteiger partial charge in [0, 0.05) is 25.6 Å². The van der Waals surface area contributed by atoms with Crippen molar-refractivity contribution in [3.63, 3.8) is 0 Å². The lowest BCUT2D eigenvalue weighted by molar-refractivity contribution is -0.139. The predicted molar refractivity (Wildman–Crippen MR) is 106 cm³/mol. The number of rotatable bonds is 4. The molecule has 1 unspecified atom stereocenters. The number of amides is 1. The summed E-state index contributed by atoms with van der Waals surface area (Å²) in [5.41, 5.74) is -1.46. The van der Waals surface area contributed by atoms with Gasteiger partial charge in [-0.3, -0.25) is 9.89 Å². The van der Waals surface area contributed by atoms with Gasteiger partial charge in [0.1, 0.15) is 5.82 Å². The molecule has 0 aliphatic carbocycles. The number of H-pyrrole nitrogens is 1. The lowest BCUT2D eigenvalue weighted by atomic mass is 9.81. The molecule has 1 aliphatic rings. The van der Waals surface area contributed by atoms with Crippen molar-refractivity contribution in [1.29, 1.82) is 0 Å². The van der Waals surface area contributed by atoms with Crippen LogP contribution in [0.1, 0.15) is 56.5 Å². The standard InChI is InChI=1S/C20H25F3N4OS/c1-4-27-16(24-25-18(27)29)13-7-6-10-26(12-13)17(28)19(2,3)14-8-5-9-15(11-14)20(21,22)23/h5,8-9,11,13H,4,6-7,10,12H2,1-3H3,(H,25,29). The van der Waals surface area contributed by atoms with Crippen molar-refractivity contribution >= 4 is 18.1 Å². The van der Waals surface area contributed by atoms with E-state index in [0.29, 0.717) is 30.0 Å². The molecule has 1 aromatic carbocycles. The number of hydrogen-bond acceptors (Lipinski definition) is 3. The highest BCUT2D eigenvalue weighted by Gasteiger charge is 2.39. The number of likely N-dealkylation sites (tertiary alicyclic amines) is 1. The molecule has 0 bridgehead atoms. The zero-order valence-corrected chi connectivity index (χ0v) is 17.5. The molecule has 0 spiro atoms. The van der Waals surface area contributed by atoms with E-state index in [1.807, 2.05) is 11.5 Å². The van der Waals surface area contributed by atoms with Crippen LogP contribution >= 0.6 is 12.2 Å². The Labute approximate surface area is 172 Å². The second-order valence-corrected chi connectivity index (χ2v) is 8.31. The fraction of sp³-hybridized carbons (Fsp3) is 0.550. The summed E-state index contributed by atoms with van der Waals surface area (Å²) in [5, 5.41) is 7.16. The monoisotopic (exact) mass is 426 g/mol. The average molecular weight is 427 g/mol. The van der Waals surface area contributed by atoms with Crippen molar-refractivity contribution in [3.8, 4) is 0 Å². The van der Waals surface area contributed by atoms with E-state index in [2.05, 4.69) is 10.2 Å². The summed E-state index contributed by atoms with van der Waals surface area (Å²) >= 11 is 5.26. The summed E-state index contributed by atoms with van der Waals surface area (Å²) in [6.07, 6.45) is -2.76. The van der Waals surface area contributed by atoms with Crippen LogP contribution < -0.4 is 0 Å². The topological polar surface area (TPSA) is 53.9 Å². The molecule has 2 heterocycles. The van der Waals surface area contributed by atoms with E-state index in [-0.39, 0.29) is 11.8 Å². The van der Waals surface area contributed by atoms with Crippen LogP contribution in [-0.4, -0.2) is 38.7 Å². The molecular weight excluding hydrogens is 401 g/mol. The Bertz CT molecular complexity index is 948. The zero-order valence-electron chi connectivity index (χ0n) is 16.7. The van der Waals surface area contributed by atoms with E-state index in [0.717, 1.165) is 30.8 Å². The maximum absolute atomic E-state index is 13.3. The molecule has 1 amide bonds. The van der Waals surface area contributed by atoms with Crippen LogP contribution in [-0.2, 0) is 22.9 Å². The summed E-state index contributed by atoms with van der Waals surface area (Å²) in [7, 11) is 0. The normalized spacial score (nSPS) is 18.1. The van der Waals surface area contributed by atoms with Crippen molar-refractivity contribution in [2.75, 3.05) is 13.1 Å². The average Bonchev–Trinajstić information content (AvgIpc) is 3.07. The van der Waals surface area contributed by atoms with Gasteiger partial charge in [-0.15, -0.1) is 0 Å². The van der Waals surface area contributed by atoms with Crippen LogP contribution in [0.3, 0.4) is 0 Å². The Morgan fingerprint density at radius 2 is 2.00 bits per heavy atom. The number of nitrogens with zero attached hydrogens (tertiary/aromatic N) is 3. The molecule has 158 valence electrons. The third kappa shape index (κ3) is 4.24. The van der Waals surface area contributed by atoms with Crippen molar-refractivity contribution in [1.82, 2.24) is 19.7 Å². The molecule has 1 aliphatic heterocycles. The number of benzene rings is 1. The van der Waals surface area contributed by atoms with E-state index in [1.54, 1.807) is 24.8 Å². The van der Waals surface area contributed by atoms with Crippen LogP contribution in [0.15, 0.2) is 24.3 Å². The van der Waals surface area contributed by atoms with Crippen molar-refractivity contribution in [3.05, 3.63) is 46.0 Å². The van der Waals surface area contributed by atoms with Crippen LogP contribution in [0.2, 0.25) is 0 Å². The van der Waals surface area contributed by atoms with Gasteiger partial charge in [-0.25, -0.2) is 0 Å². The highest BCUT2D eigenvalue weighted by atomic mass is 32.1. The molecule has 5 nitrogen and oxygen atoms in total. The minimum absolute atomic E-state index is 0.0397. The fourth-order valence-corrected chi connectivity index (χ4v) is 4.19. The zero-order chi connectivity index (χ0) is 21.4. The maximum Gasteiger partial charge on any atom is 0.416 e. The van der Waals surface area contributed by atoms with Gasteiger partial charge in [0.2, 0.25) is 5.91 Å². The molecule has 0 saturated carbocycles. The number of carbonyl (C=O) groups excluding carboxylic acids is 1. The predicted octanol–water partition coefficient (Wildman–Crippen LogP) is 4.66. The van der Waals surface area contributed by atoms with E-state index >= 15 is 0 Å². The van der Waals surface area contributed by atoms with Crippen molar-refractivity contribution in [2.24, 2.45) is 0 Å². The molecule has 0 radical (unpaired) electrons. The molecule has 1 fully saturated rings. The van der Waals surface area contributed by atoms with Gasteiger partial charge in [-0.1, -0.05) is 18.2 Å². The lowest BCUT2D eigenvalue weighted by Gasteiger charge is -2.37. The first-order valence-corrected chi connectivity index (χ1v) is 10.1. The van der Waals surface area contributed by atoms with Crippen LogP contribution in [0.25, 0.3) is 0 Å². The highest BCUT2D eigenvalue weighted by Crippen LogP contribution is 2.35. The Balaban J connectivity index is 1.84. The first-order valence-electron chi connectivity index (χ1n) is 9.68. The second-order valence-electron chi connectivity index (χ2n) is 7.93. The number of aromatic amines is 1. The molecule has 29 heavy (non-hydrogen) atoms. The van der Waals surface area contributed by atoms with Gasteiger partial charge in [0.25, 0.3) is 0 Å². The number of aromatic nitrogens is 3. The molecule has 1 N–H and O–H groups in total. The Kier molecular flexibility index (Phi) is 5.89. The summed E-state index contributed by atoms with van der Waals surface area (Å²) < 4.78 is 41.8. The Hall–Kier alpha value is -2.16. The van der Waals surface area contributed by atoms with Crippen LogP contribution in [0, 0.1) is 4.77 Å². The largest absolute Gasteiger partial charge is 0.416 e. The van der Waals surface area contributed by atoms with Gasteiger partial charge >= 0.3 is 6.18 Å². The number of alkyl halides is 3. The molecule has 3 rings (SSSR count). The molecule has 1 saturated heterocycles. The first kappa shape index (κ1) is 21.5. The highest BCUT2D eigenvalue weighted by molar-refractivity contribution is 7.71. The van der Waals surface area contributed by atoms with Crippen LogP contribution in [0.4, 0.5) is 13.2 Å². The summed E-state index contributed by atoms with van der Waals surface area (Å²) in [4.78, 5) is 15.0. The van der Waals surface area contributed by atoms with E-state index in [4.69, 9.17) is 12.2 Å². The number of carbonyl (C=O) groups is 1. The smallest absolute Gasteiger partial charge is 0.341 e. The number of halogens is 3. The fourth-order valence-electron chi connectivity index (χ4n) is 3.92. The molecule has 1 aromatic heterocycles. The Morgan fingerprint density at radius 1 is 1.31 bits per heavy atom. The van der Waals surface area contributed by atoms with Gasteiger partial charge in [-0.05, 0) is 57.5 Å². The van der Waals surface area contributed by atoms with Gasteiger partial charge < -0.3 is 9.47 Å². The quantitative estimate of drug-likeness (QED) is 0.724. The first-order chi connectivity index (χ1) is 13.6. The summed E-state index contributed by atoms with van der Waals surface area (Å²) in [6.45, 7) is 7.07.